The first-order valence-electron chi connectivity index (χ1n) is 5.81. The molecule has 1 fully saturated rings. The number of nitrogens with zero attached hydrogens (tertiary/aromatic N) is 1. The highest BCUT2D eigenvalue weighted by Gasteiger charge is 2.20. The first-order chi connectivity index (χ1) is 6.88. The summed E-state index contributed by atoms with van der Waals surface area (Å²) in [5.41, 5.74) is 0. The van der Waals surface area contributed by atoms with Crippen LogP contribution in [0.4, 0.5) is 0 Å². The molecule has 0 amide bonds. The van der Waals surface area contributed by atoms with E-state index < -0.39 is 0 Å². The summed E-state index contributed by atoms with van der Waals surface area (Å²) in [7, 11) is 0. The standard InChI is InChI=1S/C11H23NOS/c1-2-14-10-8-12-7-4-3-5-11(12)6-9-13/h11,13H,2-10H2,1H3. The van der Waals surface area contributed by atoms with E-state index in [4.69, 9.17) is 5.11 Å². The molecule has 0 radical (unpaired) electrons. The zero-order chi connectivity index (χ0) is 10.2. The fraction of sp³-hybridized carbons (Fsp3) is 1.00. The van der Waals surface area contributed by atoms with E-state index in [1.807, 2.05) is 11.8 Å². The van der Waals surface area contributed by atoms with Gasteiger partial charge in [-0.25, -0.2) is 0 Å². The molecule has 1 heterocycles. The summed E-state index contributed by atoms with van der Waals surface area (Å²) in [6, 6.07) is 0.659. The van der Waals surface area contributed by atoms with E-state index in [9.17, 15) is 0 Å². The molecule has 0 aliphatic carbocycles. The number of rotatable bonds is 6. The first kappa shape index (κ1) is 12.3. The van der Waals surface area contributed by atoms with Crippen molar-refractivity contribution < 1.29 is 5.11 Å². The van der Waals surface area contributed by atoms with Crippen LogP contribution in [0.1, 0.15) is 32.6 Å². The smallest absolute Gasteiger partial charge is 0.0445 e. The Hall–Kier alpha value is 0.270. The van der Waals surface area contributed by atoms with Gasteiger partial charge in [0.05, 0.1) is 0 Å². The fourth-order valence-electron chi connectivity index (χ4n) is 2.16. The molecule has 1 atom stereocenters. The van der Waals surface area contributed by atoms with Gasteiger partial charge in [0.2, 0.25) is 0 Å². The van der Waals surface area contributed by atoms with Gasteiger partial charge in [-0.05, 0) is 31.6 Å². The highest BCUT2D eigenvalue weighted by molar-refractivity contribution is 7.99. The highest BCUT2D eigenvalue weighted by atomic mass is 32.2. The molecule has 3 heteroatoms. The Kier molecular flexibility index (Phi) is 6.65. The summed E-state index contributed by atoms with van der Waals surface area (Å²) >= 11 is 2.02. The third-order valence-corrected chi connectivity index (χ3v) is 3.82. The number of hydrogen-bond acceptors (Lipinski definition) is 3. The molecule has 0 bridgehead atoms. The average molecular weight is 217 g/mol. The van der Waals surface area contributed by atoms with Gasteiger partial charge in [0.15, 0.2) is 0 Å². The van der Waals surface area contributed by atoms with E-state index in [1.165, 1.54) is 43.9 Å². The Morgan fingerprint density at radius 1 is 1.43 bits per heavy atom. The van der Waals surface area contributed by atoms with E-state index in [2.05, 4.69) is 11.8 Å². The van der Waals surface area contributed by atoms with Gasteiger partial charge in [0, 0.05) is 24.9 Å². The molecular weight excluding hydrogens is 194 g/mol. The summed E-state index contributed by atoms with van der Waals surface area (Å²) in [5.74, 6) is 2.47. The molecule has 0 aromatic carbocycles. The Morgan fingerprint density at radius 2 is 2.29 bits per heavy atom. The SMILES string of the molecule is CCSCCN1CCCCC1CCO. The lowest BCUT2D eigenvalue weighted by Crippen LogP contribution is -2.41. The minimum atomic E-state index is 0.349. The zero-order valence-electron chi connectivity index (χ0n) is 9.24. The maximum atomic E-state index is 8.98. The van der Waals surface area contributed by atoms with Gasteiger partial charge in [0.25, 0.3) is 0 Å². The van der Waals surface area contributed by atoms with Crippen LogP contribution in [0, 0.1) is 0 Å². The Balaban J connectivity index is 2.22. The maximum Gasteiger partial charge on any atom is 0.0445 e. The van der Waals surface area contributed by atoms with Crippen LogP contribution in [-0.2, 0) is 0 Å². The molecule has 1 saturated heterocycles. The summed E-state index contributed by atoms with van der Waals surface area (Å²) in [4.78, 5) is 2.57. The fourth-order valence-corrected chi connectivity index (χ4v) is 2.81. The van der Waals surface area contributed by atoms with Crippen LogP contribution in [0.25, 0.3) is 0 Å². The van der Waals surface area contributed by atoms with E-state index >= 15 is 0 Å². The Bertz CT molecular complexity index is 141. The highest BCUT2D eigenvalue weighted by Crippen LogP contribution is 2.19. The number of likely N-dealkylation sites (tertiary alicyclic amines) is 1. The Morgan fingerprint density at radius 3 is 3.00 bits per heavy atom. The van der Waals surface area contributed by atoms with Crippen molar-refractivity contribution in [2.75, 3.05) is 31.2 Å². The van der Waals surface area contributed by atoms with Crippen LogP contribution in [0.3, 0.4) is 0 Å². The quantitative estimate of drug-likeness (QED) is 0.688. The topological polar surface area (TPSA) is 23.5 Å². The van der Waals surface area contributed by atoms with Crippen molar-refractivity contribution in [3.63, 3.8) is 0 Å². The summed E-state index contributed by atoms with van der Waals surface area (Å²) in [6.07, 6.45) is 4.95. The van der Waals surface area contributed by atoms with Crippen LogP contribution in [0.15, 0.2) is 0 Å². The van der Waals surface area contributed by atoms with E-state index in [-0.39, 0.29) is 0 Å². The number of aliphatic hydroxyl groups is 1. The minimum absolute atomic E-state index is 0.349. The molecular formula is C11H23NOS. The lowest BCUT2D eigenvalue weighted by molar-refractivity contribution is 0.126. The number of piperidine rings is 1. The van der Waals surface area contributed by atoms with Crippen molar-refractivity contribution >= 4 is 11.8 Å². The second-order valence-electron chi connectivity index (χ2n) is 3.89. The first-order valence-corrected chi connectivity index (χ1v) is 6.96. The lowest BCUT2D eigenvalue weighted by Gasteiger charge is -2.35. The van der Waals surface area contributed by atoms with Crippen LogP contribution in [-0.4, -0.2) is 47.3 Å². The molecule has 14 heavy (non-hydrogen) atoms. The van der Waals surface area contributed by atoms with Crippen molar-refractivity contribution in [3.05, 3.63) is 0 Å². The molecule has 1 unspecified atom stereocenters. The second-order valence-corrected chi connectivity index (χ2v) is 5.29. The van der Waals surface area contributed by atoms with Crippen LogP contribution < -0.4 is 0 Å². The third-order valence-electron chi connectivity index (χ3n) is 2.94. The molecule has 1 rings (SSSR count). The molecule has 1 aliphatic heterocycles. The van der Waals surface area contributed by atoms with Crippen molar-refractivity contribution in [2.24, 2.45) is 0 Å². The molecule has 84 valence electrons. The predicted molar refractivity (Wildman–Crippen MR) is 63.9 cm³/mol. The van der Waals surface area contributed by atoms with Crippen LogP contribution >= 0.6 is 11.8 Å². The van der Waals surface area contributed by atoms with Gasteiger partial charge < -0.3 is 5.11 Å². The van der Waals surface area contributed by atoms with Crippen molar-refractivity contribution in [1.82, 2.24) is 4.90 Å². The molecule has 0 saturated carbocycles. The summed E-state index contributed by atoms with van der Waals surface area (Å²) in [6.45, 7) is 5.02. The minimum Gasteiger partial charge on any atom is -0.396 e. The van der Waals surface area contributed by atoms with Gasteiger partial charge in [0.1, 0.15) is 0 Å². The van der Waals surface area contributed by atoms with E-state index in [0.29, 0.717) is 12.6 Å². The van der Waals surface area contributed by atoms with Crippen molar-refractivity contribution in [3.8, 4) is 0 Å². The normalized spacial score (nSPS) is 24.0. The summed E-state index contributed by atoms with van der Waals surface area (Å²) < 4.78 is 0. The van der Waals surface area contributed by atoms with E-state index in [1.54, 1.807) is 0 Å². The van der Waals surface area contributed by atoms with Crippen molar-refractivity contribution in [1.29, 1.82) is 0 Å². The Labute approximate surface area is 92.1 Å². The lowest BCUT2D eigenvalue weighted by atomic mass is 10.00. The average Bonchev–Trinajstić information content (AvgIpc) is 2.21. The molecule has 0 aromatic heterocycles. The molecule has 0 spiro atoms. The van der Waals surface area contributed by atoms with Gasteiger partial charge in [-0.3, -0.25) is 4.90 Å². The molecule has 1 N–H and O–H groups in total. The maximum absolute atomic E-state index is 8.98. The van der Waals surface area contributed by atoms with Crippen molar-refractivity contribution in [2.45, 2.75) is 38.6 Å². The predicted octanol–water partition coefficient (Wildman–Crippen LogP) is 1.98. The summed E-state index contributed by atoms with van der Waals surface area (Å²) in [5, 5.41) is 8.98. The third kappa shape index (κ3) is 4.20. The van der Waals surface area contributed by atoms with Crippen LogP contribution in [0.5, 0.6) is 0 Å². The molecule has 0 aromatic rings. The van der Waals surface area contributed by atoms with Gasteiger partial charge in [-0.2, -0.15) is 11.8 Å². The zero-order valence-corrected chi connectivity index (χ0v) is 10.1. The number of thioether (sulfide) groups is 1. The largest absolute Gasteiger partial charge is 0.396 e. The second kappa shape index (κ2) is 7.55. The van der Waals surface area contributed by atoms with Gasteiger partial charge in [-0.15, -0.1) is 0 Å². The van der Waals surface area contributed by atoms with E-state index in [0.717, 1.165) is 6.42 Å². The van der Waals surface area contributed by atoms with Gasteiger partial charge in [-0.1, -0.05) is 13.3 Å². The number of hydrogen-bond donors (Lipinski definition) is 1. The monoisotopic (exact) mass is 217 g/mol. The number of aliphatic hydroxyl groups excluding tert-OH is 1. The molecule has 2 nitrogen and oxygen atoms in total. The van der Waals surface area contributed by atoms with Crippen LogP contribution in [0.2, 0.25) is 0 Å². The molecule has 1 aliphatic rings. The van der Waals surface area contributed by atoms with Gasteiger partial charge >= 0.3 is 0 Å².